The summed E-state index contributed by atoms with van der Waals surface area (Å²) in [5, 5.41) is 4.58. The Kier molecular flexibility index (Phi) is 3.34. The molecule has 0 amide bonds. The number of nitrogens with one attached hydrogen (secondary N) is 1. The van der Waals surface area contributed by atoms with E-state index in [4.69, 9.17) is 0 Å². The fourth-order valence-corrected chi connectivity index (χ4v) is 2.44. The van der Waals surface area contributed by atoms with Crippen molar-refractivity contribution in [1.29, 1.82) is 0 Å². The van der Waals surface area contributed by atoms with E-state index in [1.165, 1.54) is 11.1 Å². The van der Waals surface area contributed by atoms with Gasteiger partial charge >= 0.3 is 0 Å². The monoisotopic (exact) mass is 277 g/mol. The summed E-state index contributed by atoms with van der Waals surface area (Å²) in [5.74, 6) is 0. The molecular formula is C18H19N3. The molecule has 0 aliphatic carbocycles. The summed E-state index contributed by atoms with van der Waals surface area (Å²) < 4.78 is 0. The van der Waals surface area contributed by atoms with Crippen LogP contribution in [0, 0.1) is 27.7 Å². The van der Waals surface area contributed by atoms with Crippen LogP contribution in [0.15, 0.2) is 36.4 Å². The number of nitrogens with zero attached hydrogens (tertiary/aromatic N) is 2. The first-order chi connectivity index (χ1) is 10.0. The van der Waals surface area contributed by atoms with E-state index in [-0.39, 0.29) is 0 Å². The highest BCUT2D eigenvalue weighted by molar-refractivity contribution is 5.91. The smallest absolute Gasteiger partial charge is 0.161 e. The second kappa shape index (κ2) is 5.17. The van der Waals surface area contributed by atoms with Crippen molar-refractivity contribution in [3.8, 4) is 0 Å². The first-order valence-corrected chi connectivity index (χ1v) is 7.12. The molecule has 0 unspecified atom stereocenters. The van der Waals surface area contributed by atoms with Gasteiger partial charge in [0, 0.05) is 22.5 Å². The number of fused-ring (bicyclic) bond motifs is 1. The molecule has 0 saturated carbocycles. The third-order valence-electron chi connectivity index (χ3n) is 3.60. The first kappa shape index (κ1) is 13.6. The van der Waals surface area contributed by atoms with Crippen LogP contribution in [0.4, 0.5) is 11.4 Å². The van der Waals surface area contributed by atoms with E-state index < -0.39 is 0 Å². The summed E-state index contributed by atoms with van der Waals surface area (Å²) in [6.07, 6.45) is 0. The Morgan fingerprint density at radius 2 is 1.52 bits per heavy atom. The number of pyridine rings is 2. The Labute approximate surface area is 125 Å². The maximum absolute atomic E-state index is 4.53. The van der Waals surface area contributed by atoms with Crippen LogP contribution in [0.3, 0.4) is 0 Å². The molecule has 0 spiro atoms. The zero-order valence-electron chi connectivity index (χ0n) is 12.9. The quantitative estimate of drug-likeness (QED) is 0.743. The van der Waals surface area contributed by atoms with Crippen molar-refractivity contribution in [3.05, 3.63) is 58.9 Å². The van der Waals surface area contributed by atoms with Gasteiger partial charge < -0.3 is 5.32 Å². The van der Waals surface area contributed by atoms with Crippen molar-refractivity contribution in [2.24, 2.45) is 0 Å². The lowest BCUT2D eigenvalue weighted by Gasteiger charge is -2.13. The van der Waals surface area contributed by atoms with E-state index in [2.05, 4.69) is 59.5 Å². The average molecular weight is 277 g/mol. The lowest BCUT2D eigenvalue weighted by Crippen LogP contribution is -1.98. The third kappa shape index (κ3) is 2.72. The second-order valence-electron chi connectivity index (χ2n) is 5.58. The topological polar surface area (TPSA) is 37.8 Å². The summed E-state index contributed by atoms with van der Waals surface area (Å²) in [6, 6.07) is 12.6. The maximum atomic E-state index is 4.53. The van der Waals surface area contributed by atoms with E-state index in [1.807, 2.05) is 19.9 Å². The number of hydrogen-bond donors (Lipinski definition) is 1. The van der Waals surface area contributed by atoms with Gasteiger partial charge in [-0.05, 0) is 63.1 Å². The van der Waals surface area contributed by atoms with Crippen molar-refractivity contribution >= 4 is 22.4 Å². The first-order valence-electron chi connectivity index (χ1n) is 7.12. The highest BCUT2D eigenvalue weighted by Gasteiger charge is 2.07. The molecule has 3 aromatic rings. The Bertz CT molecular complexity index is 817. The van der Waals surface area contributed by atoms with Crippen LogP contribution in [-0.4, -0.2) is 9.97 Å². The van der Waals surface area contributed by atoms with Crippen molar-refractivity contribution in [1.82, 2.24) is 9.97 Å². The molecule has 3 nitrogen and oxygen atoms in total. The van der Waals surface area contributed by atoms with E-state index in [9.17, 15) is 0 Å². The molecule has 2 aromatic heterocycles. The average Bonchev–Trinajstić information content (AvgIpc) is 2.42. The van der Waals surface area contributed by atoms with E-state index in [0.717, 1.165) is 33.8 Å². The zero-order valence-corrected chi connectivity index (χ0v) is 12.9. The van der Waals surface area contributed by atoms with Gasteiger partial charge in [-0.2, -0.15) is 0 Å². The number of rotatable bonds is 2. The predicted octanol–water partition coefficient (Wildman–Crippen LogP) is 4.61. The van der Waals surface area contributed by atoms with Gasteiger partial charge in [-0.25, -0.2) is 9.97 Å². The van der Waals surface area contributed by atoms with Crippen molar-refractivity contribution < 1.29 is 0 Å². The number of anilines is 2. The number of hydrogen-bond acceptors (Lipinski definition) is 3. The minimum absolute atomic E-state index is 0.794. The highest BCUT2D eigenvalue weighted by atomic mass is 14.9. The molecule has 1 N–H and O–H groups in total. The van der Waals surface area contributed by atoms with E-state index in [0.29, 0.717) is 0 Å². The molecule has 0 fully saturated rings. The minimum atomic E-state index is 0.794. The third-order valence-corrected chi connectivity index (χ3v) is 3.60. The van der Waals surface area contributed by atoms with E-state index >= 15 is 0 Å². The fourth-order valence-electron chi connectivity index (χ4n) is 2.44. The van der Waals surface area contributed by atoms with Gasteiger partial charge in [0.1, 0.15) is 0 Å². The SMILES string of the molecule is Cc1ccc(C)c(Nc2cc(C)nc3nc(C)ccc23)c1. The molecule has 0 radical (unpaired) electrons. The van der Waals surface area contributed by atoms with Gasteiger partial charge in [-0.3, -0.25) is 0 Å². The summed E-state index contributed by atoms with van der Waals surface area (Å²) in [6.45, 7) is 8.20. The maximum Gasteiger partial charge on any atom is 0.161 e. The van der Waals surface area contributed by atoms with Gasteiger partial charge in [-0.1, -0.05) is 12.1 Å². The normalized spacial score (nSPS) is 10.9. The van der Waals surface area contributed by atoms with Crippen LogP contribution in [0.25, 0.3) is 11.0 Å². The van der Waals surface area contributed by atoms with Crippen LogP contribution in [0.5, 0.6) is 0 Å². The molecule has 0 atom stereocenters. The number of aryl methyl sites for hydroxylation is 4. The van der Waals surface area contributed by atoms with Crippen LogP contribution in [0.1, 0.15) is 22.5 Å². The molecule has 21 heavy (non-hydrogen) atoms. The Morgan fingerprint density at radius 3 is 2.33 bits per heavy atom. The Morgan fingerprint density at radius 1 is 0.762 bits per heavy atom. The molecule has 3 heteroatoms. The zero-order chi connectivity index (χ0) is 15.0. The van der Waals surface area contributed by atoms with Gasteiger partial charge in [0.15, 0.2) is 5.65 Å². The number of aromatic nitrogens is 2. The molecule has 3 rings (SSSR count). The van der Waals surface area contributed by atoms with Gasteiger partial charge in [0.2, 0.25) is 0 Å². The van der Waals surface area contributed by atoms with Crippen LogP contribution >= 0.6 is 0 Å². The predicted molar refractivity (Wildman–Crippen MR) is 88.2 cm³/mol. The summed E-state index contributed by atoms with van der Waals surface area (Å²) in [4.78, 5) is 9.06. The summed E-state index contributed by atoms with van der Waals surface area (Å²) in [7, 11) is 0. The molecule has 0 bridgehead atoms. The molecule has 1 aromatic carbocycles. The molecule has 2 heterocycles. The lowest BCUT2D eigenvalue weighted by molar-refractivity contribution is 1.16. The number of benzene rings is 1. The van der Waals surface area contributed by atoms with Crippen molar-refractivity contribution in [2.75, 3.05) is 5.32 Å². The van der Waals surface area contributed by atoms with Crippen LogP contribution in [0.2, 0.25) is 0 Å². The largest absolute Gasteiger partial charge is 0.355 e. The molecule has 106 valence electrons. The van der Waals surface area contributed by atoms with Crippen molar-refractivity contribution in [2.45, 2.75) is 27.7 Å². The minimum Gasteiger partial charge on any atom is -0.355 e. The lowest BCUT2D eigenvalue weighted by atomic mass is 10.1. The molecule has 0 aliphatic rings. The molecule has 0 saturated heterocycles. The molecule has 0 aliphatic heterocycles. The Balaban J connectivity index is 2.14. The molecular weight excluding hydrogens is 258 g/mol. The van der Waals surface area contributed by atoms with Gasteiger partial charge in [0.25, 0.3) is 0 Å². The van der Waals surface area contributed by atoms with Crippen LogP contribution < -0.4 is 5.32 Å². The van der Waals surface area contributed by atoms with Crippen molar-refractivity contribution in [3.63, 3.8) is 0 Å². The van der Waals surface area contributed by atoms with E-state index in [1.54, 1.807) is 0 Å². The van der Waals surface area contributed by atoms with Gasteiger partial charge in [0.05, 0.1) is 5.69 Å². The summed E-state index contributed by atoms with van der Waals surface area (Å²) >= 11 is 0. The highest BCUT2D eigenvalue weighted by Crippen LogP contribution is 2.27. The second-order valence-corrected chi connectivity index (χ2v) is 5.58. The fraction of sp³-hybridized carbons (Fsp3) is 0.222. The van der Waals surface area contributed by atoms with Gasteiger partial charge in [-0.15, -0.1) is 0 Å². The summed E-state index contributed by atoms with van der Waals surface area (Å²) in [5.41, 5.74) is 7.39. The standard InChI is InChI=1S/C18H19N3/c1-11-5-6-12(2)16(9-11)21-17-10-14(4)20-18-15(17)8-7-13(3)19-18/h5-10H,1-4H3,(H,19,20,21). The Hall–Kier alpha value is -2.42. The van der Waals surface area contributed by atoms with Crippen LogP contribution in [-0.2, 0) is 0 Å².